The number of amides is 1. The van der Waals surface area contributed by atoms with Crippen LogP contribution >= 0.6 is 11.3 Å². The summed E-state index contributed by atoms with van der Waals surface area (Å²) < 4.78 is 2.17. The van der Waals surface area contributed by atoms with Gasteiger partial charge in [0.2, 0.25) is 5.91 Å². The lowest BCUT2D eigenvalue weighted by atomic mass is 10.1. The van der Waals surface area contributed by atoms with Crippen LogP contribution in [0.4, 0.5) is 5.13 Å². The third-order valence-electron chi connectivity index (χ3n) is 3.44. The van der Waals surface area contributed by atoms with Gasteiger partial charge in [-0.05, 0) is 13.0 Å². The van der Waals surface area contributed by atoms with E-state index in [-0.39, 0.29) is 5.91 Å². The average molecular weight is 285 g/mol. The summed E-state index contributed by atoms with van der Waals surface area (Å²) in [6, 6.07) is 8.28. The number of thiazole rings is 1. The molecule has 2 aromatic heterocycles. The van der Waals surface area contributed by atoms with E-state index >= 15 is 0 Å². The van der Waals surface area contributed by atoms with E-state index in [1.165, 1.54) is 34.9 Å². The number of hydrogen-bond donors (Lipinski definition) is 1. The van der Waals surface area contributed by atoms with Crippen LogP contribution in [0.2, 0.25) is 0 Å². The van der Waals surface area contributed by atoms with E-state index in [0.29, 0.717) is 5.13 Å². The molecule has 1 N–H and O–H groups in total. The van der Waals surface area contributed by atoms with E-state index in [1.807, 2.05) is 17.5 Å². The highest BCUT2D eigenvalue weighted by Crippen LogP contribution is 2.35. The summed E-state index contributed by atoms with van der Waals surface area (Å²) in [4.78, 5) is 15.6. The molecule has 0 saturated carbocycles. The van der Waals surface area contributed by atoms with E-state index < -0.39 is 0 Å². The van der Waals surface area contributed by atoms with E-state index in [9.17, 15) is 4.79 Å². The maximum absolute atomic E-state index is 11.1. The highest BCUT2D eigenvalue weighted by Gasteiger charge is 2.16. The Kier molecular flexibility index (Phi) is 3.06. The fourth-order valence-corrected chi connectivity index (χ4v) is 3.19. The van der Waals surface area contributed by atoms with Gasteiger partial charge in [-0.15, -0.1) is 11.3 Å². The summed E-state index contributed by atoms with van der Waals surface area (Å²) >= 11 is 1.45. The van der Waals surface area contributed by atoms with Crippen molar-refractivity contribution in [1.29, 1.82) is 0 Å². The van der Waals surface area contributed by atoms with Crippen molar-refractivity contribution >= 4 is 33.3 Å². The number of hydrogen-bond acceptors (Lipinski definition) is 3. The molecule has 4 nitrogen and oxygen atoms in total. The first kappa shape index (κ1) is 12.9. The number of nitrogens with one attached hydrogen (secondary N) is 1. The van der Waals surface area contributed by atoms with Gasteiger partial charge in [-0.3, -0.25) is 4.79 Å². The fraction of sp³-hybridized carbons (Fsp3) is 0.200. The van der Waals surface area contributed by atoms with Crippen LogP contribution in [-0.4, -0.2) is 15.5 Å². The predicted molar refractivity (Wildman–Crippen MR) is 83.1 cm³/mol. The molecule has 0 atom stereocenters. The third-order valence-corrected chi connectivity index (χ3v) is 4.20. The van der Waals surface area contributed by atoms with Crippen molar-refractivity contribution in [2.75, 3.05) is 5.32 Å². The Morgan fingerprint density at radius 1 is 1.35 bits per heavy atom. The van der Waals surface area contributed by atoms with Gasteiger partial charge in [0, 0.05) is 41.5 Å². The van der Waals surface area contributed by atoms with Gasteiger partial charge in [0.1, 0.15) is 0 Å². The van der Waals surface area contributed by atoms with Gasteiger partial charge in [-0.1, -0.05) is 18.2 Å². The number of aromatic nitrogens is 2. The maximum atomic E-state index is 11.1. The first-order chi connectivity index (χ1) is 9.58. The first-order valence-electron chi connectivity index (χ1n) is 6.35. The van der Waals surface area contributed by atoms with Crippen molar-refractivity contribution in [3.8, 4) is 11.3 Å². The molecule has 0 spiro atoms. The predicted octanol–water partition coefficient (Wildman–Crippen LogP) is 3.57. The number of fused-ring (bicyclic) bond motifs is 1. The van der Waals surface area contributed by atoms with E-state index in [0.717, 1.165) is 11.3 Å². The van der Waals surface area contributed by atoms with Crippen LogP contribution in [-0.2, 0) is 11.8 Å². The molecule has 0 unspecified atom stereocenters. The quantitative estimate of drug-likeness (QED) is 0.782. The molecule has 0 radical (unpaired) electrons. The molecule has 2 heterocycles. The lowest BCUT2D eigenvalue weighted by molar-refractivity contribution is -0.114. The molecule has 0 fully saturated rings. The van der Waals surface area contributed by atoms with Crippen molar-refractivity contribution < 1.29 is 4.79 Å². The number of carbonyl (C=O) groups excluding carboxylic acids is 1. The van der Waals surface area contributed by atoms with Gasteiger partial charge in [0.25, 0.3) is 0 Å². The second kappa shape index (κ2) is 4.76. The Hall–Kier alpha value is -2.14. The zero-order chi connectivity index (χ0) is 14.3. The van der Waals surface area contributed by atoms with Crippen LogP contribution < -0.4 is 5.32 Å². The highest BCUT2D eigenvalue weighted by molar-refractivity contribution is 7.14. The number of aryl methyl sites for hydroxylation is 1. The molecule has 0 aliphatic carbocycles. The smallest absolute Gasteiger partial charge is 0.223 e. The largest absolute Gasteiger partial charge is 0.347 e. The summed E-state index contributed by atoms with van der Waals surface area (Å²) in [6.07, 6.45) is 0. The topological polar surface area (TPSA) is 46.9 Å². The molecule has 3 rings (SSSR count). The zero-order valence-corrected chi connectivity index (χ0v) is 12.4. The minimum Gasteiger partial charge on any atom is -0.347 e. The Labute approximate surface area is 121 Å². The van der Waals surface area contributed by atoms with Gasteiger partial charge in [-0.2, -0.15) is 0 Å². The first-order valence-corrected chi connectivity index (χ1v) is 7.23. The molecule has 5 heteroatoms. The Balaban J connectivity index is 2.17. The number of rotatable bonds is 2. The Morgan fingerprint density at radius 2 is 2.10 bits per heavy atom. The SMILES string of the molecule is CC(=O)Nc1nc(-c2c(C)n(C)c3ccccc23)cs1. The van der Waals surface area contributed by atoms with Gasteiger partial charge >= 0.3 is 0 Å². The molecule has 20 heavy (non-hydrogen) atoms. The zero-order valence-electron chi connectivity index (χ0n) is 11.6. The summed E-state index contributed by atoms with van der Waals surface area (Å²) in [6.45, 7) is 3.58. The van der Waals surface area contributed by atoms with Gasteiger partial charge in [-0.25, -0.2) is 4.98 Å². The van der Waals surface area contributed by atoms with E-state index in [4.69, 9.17) is 0 Å². The second-order valence-electron chi connectivity index (χ2n) is 4.76. The van der Waals surface area contributed by atoms with Crippen molar-refractivity contribution in [3.05, 3.63) is 35.3 Å². The Morgan fingerprint density at radius 3 is 2.85 bits per heavy atom. The standard InChI is InChI=1S/C15H15N3OS/c1-9-14(11-6-4-5-7-13(11)18(9)3)12-8-20-15(17-12)16-10(2)19/h4-8H,1-3H3,(H,16,17,19). The number of benzene rings is 1. The van der Waals surface area contributed by atoms with Crippen molar-refractivity contribution in [2.24, 2.45) is 7.05 Å². The van der Waals surface area contributed by atoms with E-state index in [1.54, 1.807) is 0 Å². The molecule has 1 aromatic carbocycles. The van der Waals surface area contributed by atoms with Crippen LogP contribution in [0.15, 0.2) is 29.6 Å². The molecule has 3 aromatic rings. The number of para-hydroxylation sites is 1. The Bertz CT molecular complexity index is 801. The summed E-state index contributed by atoms with van der Waals surface area (Å²) in [5, 5.41) is 6.54. The van der Waals surface area contributed by atoms with Crippen molar-refractivity contribution in [1.82, 2.24) is 9.55 Å². The fourth-order valence-electron chi connectivity index (χ4n) is 2.44. The summed E-state index contributed by atoms with van der Waals surface area (Å²) in [5.74, 6) is -0.0967. The normalized spacial score (nSPS) is 10.9. The van der Waals surface area contributed by atoms with Crippen LogP contribution in [0.25, 0.3) is 22.2 Å². The number of carbonyl (C=O) groups is 1. The molecule has 0 aliphatic heterocycles. The second-order valence-corrected chi connectivity index (χ2v) is 5.61. The van der Waals surface area contributed by atoms with Gasteiger partial charge in [0.05, 0.1) is 5.69 Å². The average Bonchev–Trinajstić information content (AvgIpc) is 2.94. The van der Waals surface area contributed by atoms with E-state index in [2.05, 4.69) is 41.0 Å². The summed E-state index contributed by atoms with van der Waals surface area (Å²) in [7, 11) is 2.06. The monoisotopic (exact) mass is 285 g/mol. The van der Waals surface area contributed by atoms with Crippen molar-refractivity contribution in [2.45, 2.75) is 13.8 Å². The number of nitrogens with zero attached hydrogens (tertiary/aromatic N) is 2. The molecular weight excluding hydrogens is 270 g/mol. The lowest BCUT2D eigenvalue weighted by Gasteiger charge is -1.99. The minimum absolute atomic E-state index is 0.0967. The van der Waals surface area contributed by atoms with Crippen LogP contribution in [0, 0.1) is 6.92 Å². The van der Waals surface area contributed by atoms with Gasteiger partial charge < -0.3 is 9.88 Å². The molecule has 0 bridgehead atoms. The molecule has 0 aliphatic rings. The molecular formula is C15H15N3OS. The highest BCUT2D eigenvalue weighted by atomic mass is 32.1. The van der Waals surface area contributed by atoms with Crippen LogP contribution in [0.3, 0.4) is 0 Å². The van der Waals surface area contributed by atoms with Crippen LogP contribution in [0.1, 0.15) is 12.6 Å². The molecule has 102 valence electrons. The third kappa shape index (κ3) is 2.00. The van der Waals surface area contributed by atoms with Crippen LogP contribution in [0.5, 0.6) is 0 Å². The summed E-state index contributed by atoms with van der Waals surface area (Å²) in [5.41, 5.74) is 4.41. The van der Waals surface area contributed by atoms with Crippen molar-refractivity contribution in [3.63, 3.8) is 0 Å². The van der Waals surface area contributed by atoms with Gasteiger partial charge in [0.15, 0.2) is 5.13 Å². The maximum Gasteiger partial charge on any atom is 0.223 e. The molecule has 0 saturated heterocycles. The molecule has 1 amide bonds. The number of anilines is 1. The lowest BCUT2D eigenvalue weighted by Crippen LogP contribution is -2.04. The minimum atomic E-state index is -0.0967.